The molecular formula is C15H25N3O2. The average molecular weight is 279 g/mol. The highest BCUT2D eigenvalue weighted by Crippen LogP contribution is 2.26. The number of methoxy groups -OCH3 is 1. The third kappa shape index (κ3) is 3.63. The number of hydrogen-bond acceptors (Lipinski definition) is 4. The molecule has 1 atom stereocenters. The number of carbonyl (C=O) groups is 1. The fourth-order valence-electron chi connectivity index (χ4n) is 2.26. The first kappa shape index (κ1) is 16.3. The quantitative estimate of drug-likeness (QED) is 0.807. The Bertz CT molecular complexity index is 460. The fraction of sp³-hybridized carbons (Fsp3) is 0.533. The van der Waals surface area contributed by atoms with Crippen LogP contribution in [0.25, 0.3) is 0 Å². The van der Waals surface area contributed by atoms with E-state index in [1.54, 1.807) is 38.2 Å². The van der Waals surface area contributed by atoms with Gasteiger partial charge in [-0.15, -0.1) is 0 Å². The molecule has 1 unspecified atom stereocenters. The summed E-state index contributed by atoms with van der Waals surface area (Å²) in [6.45, 7) is 5.50. The highest BCUT2D eigenvalue weighted by molar-refractivity contribution is 6.00. The Kier molecular flexibility index (Phi) is 5.82. The number of nitrogens with zero attached hydrogens (tertiary/aromatic N) is 2. The molecule has 1 amide bonds. The summed E-state index contributed by atoms with van der Waals surface area (Å²) < 4.78 is 5.22. The lowest BCUT2D eigenvalue weighted by Crippen LogP contribution is -2.38. The molecule has 0 aromatic heterocycles. The number of nitrogens with two attached hydrogens (primary N) is 1. The van der Waals surface area contributed by atoms with Crippen LogP contribution in [-0.2, 0) is 4.74 Å². The highest BCUT2D eigenvalue weighted by Gasteiger charge is 2.21. The Morgan fingerprint density at radius 1 is 1.40 bits per heavy atom. The molecule has 0 saturated carbocycles. The van der Waals surface area contributed by atoms with Gasteiger partial charge < -0.3 is 20.3 Å². The Hall–Kier alpha value is -1.75. The summed E-state index contributed by atoms with van der Waals surface area (Å²) in [5, 5.41) is 0. The van der Waals surface area contributed by atoms with Crippen molar-refractivity contribution in [2.75, 3.05) is 45.0 Å². The molecule has 5 heteroatoms. The van der Waals surface area contributed by atoms with E-state index in [0.717, 1.165) is 12.2 Å². The summed E-state index contributed by atoms with van der Waals surface area (Å²) in [4.78, 5) is 16.0. The first-order chi connectivity index (χ1) is 9.42. The first-order valence-corrected chi connectivity index (χ1v) is 6.79. The molecule has 1 rings (SSSR count). The molecule has 0 bridgehead atoms. The molecular weight excluding hydrogens is 254 g/mol. The second-order valence-corrected chi connectivity index (χ2v) is 5.07. The molecule has 20 heavy (non-hydrogen) atoms. The number of rotatable bonds is 6. The van der Waals surface area contributed by atoms with Gasteiger partial charge in [-0.25, -0.2) is 0 Å². The maximum absolute atomic E-state index is 12.3. The summed E-state index contributed by atoms with van der Waals surface area (Å²) >= 11 is 0. The fourth-order valence-corrected chi connectivity index (χ4v) is 2.26. The van der Waals surface area contributed by atoms with Crippen LogP contribution in [0.4, 0.5) is 11.4 Å². The van der Waals surface area contributed by atoms with Crippen molar-refractivity contribution in [3.8, 4) is 0 Å². The second kappa shape index (κ2) is 7.14. The van der Waals surface area contributed by atoms with Crippen LogP contribution in [-0.4, -0.2) is 51.2 Å². The molecule has 0 spiro atoms. The van der Waals surface area contributed by atoms with E-state index in [1.807, 2.05) is 6.07 Å². The van der Waals surface area contributed by atoms with E-state index in [-0.39, 0.29) is 11.9 Å². The number of likely N-dealkylation sites (N-methyl/N-ethyl adjacent to an activating group) is 1. The van der Waals surface area contributed by atoms with Crippen LogP contribution in [0.15, 0.2) is 18.2 Å². The maximum atomic E-state index is 12.3. The zero-order valence-corrected chi connectivity index (χ0v) is 13.0. The smallest absolute Gasteiger partial charge is 0.255 e. The molecule has 0 aliphatic heterocycles. The van der Waals surface area contributed by atoms with Crippen molar-refractivity contribution in [1.29, 1.82) is 0 Å². The minimum atomic E-state index is -0.0249. The van der Waals surface area contributed by atoms with Gasteiger partial charge in [0, 0.05) is 39.5 Å². The number of ether oxygens (including phenoxy) is 1. The zero-order valence-electron chi connectivity index (χ0n) is 13.0. The first-order valence-electron chi connectivity index (χ1n) is 6.79. The van der Waals surface area contributed by atoms with Crippen molar-refractivity contribution < 1.29 is 9.53 Å². The number of hydrogen-bond donors (Lipinski definition) is 1. The molecule has 2 N–H and O–H groups in total. The van der Waals surface area contributed by atoms with E-state index in [0.29, 0.717) is 17.9 Å². The summed E-state index contributed by atoms with van der Waals surface area (Å²) in [7, 11) is 5.17. The van der Waals surface area contributed by atoms with Gasteiger partial charge in [-0.3, -0.25) is 4.79 Å². The van der Waals surface area contributed by atoms with E-state index in [2.05, 4.69) is 18.7 Å². The second-order valence-electron chi connectivity index (χ2n) is 5.07. The summed E-state index contributed by atoms with van der Waals surface area (Å²) in [5.74, 6) is -0.0249. The van der Waals surface area contributed by atoms with Crippen molar-refractivity contribution in [1.82, 2.24) is 4.90 Å². The van der Waals surface area contributed by atoms with Crippen molar-refractivity contribution in [3.05, 3.63) is 23.8 Å². The van der Waals surface area contributed by atoms with E-state index >= 15 is 0 Å². The van der Waals surface area contributed by atoms with Crippen molar-refractivity contribution >= 4 is 17.3 Å². The summed E-state index contributed by atoms with van der Waals surface area (Å²) in [6, 6.07) is 5.57. The Labute approximate surface area is 121 Å². The molecule has 0 aliphatic rings. The number of carbonyl (C=O) groups excluding carboxylic acids is 1. The number of nitrogen functional groups attached to an aromatic ring is 1. The molecule has 1 aromatic rings. The van der Waals surface area contributed by atoms with Crippen LogP contribution >= 0.6 is 0 Å². The molecule has 5 nitrogen and oxygen atoms in total. The predicted molar refractivity (Wildman–Crippen MR) is 83.2 cm³/mol. The number of benzene rings is 1. The van der Waals surface area contributed by atoms with E-state index in [4.69, 9.17) is 10.5 Å². The van der Waals surface area contributed by atoms with Gasteiger partial charge in [0.05, 0.1) is 17.9 Å². The molecule has 0 fully saturated rings. The van der Waals surface area contributed by atoms with Crippen molar-refractivity contribution in [2.45, 2.75) is 19.9 Å². The van der Waals surface area contributed by atoms with Gasteiger partial charge in [0.25, 0.3) is 5.91 Å². The van der Waals surface area contributed by atoms with Gasteiger partial charge >= 0.3 is 0 Å². The van der Waals surface area contributed by atoms with Crippen LogP contribution < -0.4 is 10.6 Å². The van der Waals surface area contributed by atoms with E-state index < -0.39 is 0 Å². The lowest BCUT2D eigenvalue weighted by Gasteiger charge is -2.32. The minimum absolute atomic E-state index is 0.0249. The largest absolute Gasteiger partial charge is 0.399 e. The van der Waals surface area contributed by atoms with Gasteiger partial charge in [-0.05, 0) is 32.0 Å². The summed E-state index contributed by atoms with van der Waals surface area (Å²) in [6.07, 6.45) is 0. The Morgan fingerprint density at radius 3 is 2.55 bits per heavy atom. The zero-order chi connectivity index (χ0) is 15.3. The van der Waals surface area contributed by atoms with Crippen LogP contribution in [0.2, 0.25) is 0 Å². The van der Waals surface area contributed by atoms with Gasteiger partial charge in [0.1, 0.15) is 0 Å². The third-order valence-electron chi connectivity index (χ3n) is 3.25. The Balaban J connectivity index is 3.25. The standard InChI is InChI=1S/C15H25N3O2/c1-6-18(11(2)10-20-5)14-9-12(16)7-8-13(14)15(19)17(3)4/h7-9,11H,6,10,16H2,1-5H3. The molecule has 0 saturated heterocycles. The molecule has 112 valence electrons. The Morgan fingerprint density at radius 2 is 2.05 bits per heavy atom. The van der Waals surface area contributed by atoms with Crippen LogP contribution in [0.3, 0.4) is 0 Å². The monoisotopic (exact) mass is 279 g/mol. The lowest BCUT2D eigenvalue weighted by atomic mass is 10.1. The predicted octanol–water partition coefficient (Wildman–Crippen LogP) is 1.83. The minimum Gasteiger partial charge on any atom is -0.399 e. The van der Waals surface area contributed by atoms with E-state index in [1.165, 1.54) is 0 Å². The lowest BCUT2D eigenvalue weighted by molar-refractivity contribution is 0.0828. The van der Waals surface area contributed by atoms with Gasteiger partial charge in [-0.1, -0.05) is 0 Å². The van der Waals surface area contributed by atoms with Crippen LogP contribution in [0, 0.1) is 0 Å². The van der Waals surface area contributed by atoms with Crippen LogP contribution in [0.1, 0.15) is 24.2 Å². The molecule has 1 aromatic carbocycles. The van der Waals surface area contributed by atoms with Gasteiger partial charge in [0.15, 0.2) is 0 Å². The SMILES string of the molecule is CCN(c1cc(N)ccc1C(=O)N(C)C)C(C)COC. The van der Waals surface area contributed by atoms with Crippen molar-refractivity contribution in [3.63, 3.8) is 0 Å². The topological polar surface area (TPSA) is 58.8 Å². The van der Waals surface area contributed by atoms with Crippen LogP contribution in [0.5, 0.6) is 0 Å². The summed E-state index contributed by atoms with van der Waals surface area (Å²) in [5.41, 5.74) is 8.06. The number of amides is 1. The third-order valence-corrected chi connectivity index (χ3v) is 3.25. The molecule has 0 radical (unpaired) electrons. The normalized spacial score (nSPS) is 12.1. The number of anilines is 2. The average Bonchev–Trinajstić information content (AvgIpc) is 2.39. The highest BCUT2D eigenvalue weighted by atomic mass is 16.5. The molecule has 0 heterocycles. The maximum Gasteiger partial charge on any atom is 0.255 e. The molecule has 0 aliphatic carbocycles. The van der Waals surface area contributed by atoms with E-state index in [9.17, 15) is 4.79 Å². The van der Waals surface area contributed by atoms with Crippen molar-refractivity contribution in [2.24, 2.45) is 0 Å². The van der Waals surface area contributed by atoms with Gasteiger partial charge in [-0.2, -0.15) is 0 Å². The van der Waals surface area contributed by atoms with Gasteiger partial charge in [0.2, 0.25) is 0 Å².